The van der Waals surface area contributed by atoms with Crippen molar-refractivity contribution in [3.05, 3.63) is 0 Å². The molecular formula is C18H31NO. The first-order valence-electron chi connectivity index (χ1n) is 8.48. The van der Waals surface area contributed by atoms with Gasteiger partial charge in [-0.2, -0.15) is 5.26 Å². The van der Waals surface area contributed by atoms with E-state index in [1.807, 2.05) is 0 Å². The van der Waals surface area contributed by atoms with Crippen LogP contribution < -0.4 is 0 Å². The smallest absolute Gasteiger partial charge is 0.0866 e. The van der Waals surface area contributed by atoms with E-state index in [2.05, 4.69) is 33.8 Å². The van der Waals surface area contributed by atoms with Gasteiger partial charge < -0.3 is 5.11 Å². The predicted molar refractivity (Wildman–Crippen MR) is 82.0 cm³/mol. The Morgan fingerprint density at radius 1 is 1.05 bits per heavy atom. The molecule has 2 aliphatic carbocycles. The molecule has 0 aromatic rings. The van der Waals surface area contributed by atoms with E-state index in [0.29, 0.717) is 17.8 Å². The molecule has 3 atom stereocenters. The molecule has 2 nitrogen and oxygen atoms in total. The lowest BCUT2D eigenvalue weighted by Gasteiger charge is -2.54. The first-order valence-corrected chi connectivity index (χ1v) is 8.48. The van der Waals surface area contributed by atoms with E-state index in [1.165, 1.54) is 6.42 Å². The molecular weight excluding hydrogens is 246 g/mol. The Morgan fingerprint density at radius 2 is 1.65 bits per heavy atom. The van der Waals surface area contributed by atoms with Crippen LogP contribution in [0.3, 0.4) is 0 Å². The minimum absolute atomic E-state index is 0.284. The Labute approximate surface area is 124 Å². The van der Waals surface area contributed by atoms with Crippen LogP contribution in [0.2, 0.25) is 0 Å². The third kappa shape index (κ3) is 2.50. The minimum atomic E-state index is -0.770. The van der Waals surface area contributed by atoms with Gasteiger partial charge in [-0.15, -0.1) is 0 Å². The standard InChI is InChI=1S/C18H31NO/c1-13(2)16-6-5-15(4)11-18(16,20)17(12-19)9-7-14(3)8-10-17/h13-16,20H,5-11H2,1-4H3. The topological polar surface area (TPSA) is 44.0 Å². The molecule has 0 amide bonds. The van der Waals surface area contributed by atoms with Gasteiger partial charge in [-0.25, -0.2) is 0 Å². The lowest BCUT2D eigenvalue weighted by Crippen LogP contribution is -2.58. The summed E-state index contributed by atoms with van der Waals surface area (Å²) in [7, 11) is 0. The van der Waals surface area contributed by atoms with E-state index in [0.717, 1.165) is 38.5 Å². The summed E-state index contributed by atoms with van der Waals surface area (Å²) in [4.78, 5) is 0. The monoisotopic (exact) mass is 277 g/mol. The summed E-state index contributed by atoms with van der Waals surface area (Å²) in [5.41, 5.74) is -1.27. The van der Waals surface area contributed by atoms with Crippen molar-refractivity contribution in [3.63, 3.8) is 0 Å². The average Bonchev–Trinajstić information content (AvgIpc) is 2.39. The molecule has 2 heteroatoms. The minimum Gasteiger partial charge on any atom is -0.388 e. The van der Waals surface area contributed by atoms with Crippen molar-refractivity contribution in [1.82, 2.24) is 0 Å². The molecule has 0 saturated heterocycles. The molecule has 2 fully saturated rings. The summed E-state index contributed by atoms with van der Waals surface area (Å²) >= 11 is 0. The third-order valence-corrected chi connectivity index (χ3v) is 6.22. The Bertz CT molecular complexity index is 375. The highest BCUT2D eigenvalue weighted by Crippen LogP contribution is 2.56. The van der Waals surface area contributed by atoms with Gasteiger partial charge in [-0.3, -0.25) is 0 Å². The molecule has 20 heavy (non-hydrogen) atoms. The highest BCUT2D eigenvalue weighted by Gasteiger charge is 2.57. The number of nitriles is 1. The number of nitrogens with zero attached hydrogens (tertiary/aromatic N) is 1. The molecule has 114 valence electrons. The van der Waals surface area contributed by atoms with E-state index in [-0.39, 0.29) is 5.92 Å². The van der Waals surface area contributed by atoms with Crippen LogP contribution in [0.4, 0.5) is 0 Å². The fraction of sp³-hybridized carbons (Fsp3) is 0.944. The molecule has 0 heterocycles. The molecule has 0 spiro atoms. The Balaban J connectivity index is 2.35. The second-order valence-corrected chi connectivity index (χ2v) is 8.04. The van der Waals surface area contributed by atoms with Crippen LogP contribution in [-0.4, -0.2) is 10.7 Å². The zero-order chi connectivity index (χ0) is 15.0. The molecule has 0 bridgehead atoms. The maximum absolute atomic E-state index is 11.6. The van der Waals surface area contributed by atoms with Gasteiger partial charge in [0.05, 0.1) is 17.1 Å². The summed E-state index contributed by atoms with van der Waals surface area (Å²) in [6.45, 7) is 8.93. The molecule has 2 saturated carbocycles. The summed E-state index contributed by atoms with van der Waals surface area (Å²) in [6, 6.07) is 2.60. The SMILES string of the molecule is CC1CCC(C#N)(C2(O)CC(C)CCC2C(C)C)CC1. The summed E-state index contributed by atoms with van der Waals surface area (Å²) < 4.78 is 0. The molecule has 2 aliphatic rings. The van der Waals surface area contributed by atoms with Crippen LogP contribution in [0.15, 0.2) is 0 Å². The highest BCUT2D eigenvalue weighted by molar-refractivity contribution is 5.16. The quantitative estimate of drug-likeness (QED) is 0.806. The number of aliphatic hydroxyl groups is 1. The van der Waals surface area contributed by atoms with Crippen LogP contribution in [0.25, 0.3) is 0 Å². The molecule has 0 aromatic heterocycles. The number of rotatable bonds is 2. The zero-order valence-electron chi connectivity index (χ0n) is 13.7. The molecule has 0 aromatic carbocycles. The van der Waals surface area contributed by atoms with E-state index in [9.17, 15) is 10.4 Å². The lowest BCUT2D eigenvalue weighted by atomic mass is 9.52. The molecule has 0 radical (unpaired) electrons. The van der Waals surface area contributed by atoms with E-state index in [4.69, 9.17) is 0 Å². The molecule has 0 aliphatic heterocycles. The number of hydrogen-bond acceptors (Lipinski definition) is 2. The van der Waals surface area contributed by atoms with Gasteiger partial charge >= 0.3 is 0 Å². The average molecular weight is 277 g/mol. The highest BCUT2D eigenvalue weighted by atomic mass is 16.3. The fourth-order valence-electron chi connectivity index (χ4n) is 4.82. The maximum atomic E-state index is 11.6. The summed E-state index contributed by atoms with van der Waals surface area (Å²) in [5, 5.41) is 21.5. The van der Waals surface area contributed by atoms with Crippen LogP contribution in [0, 0.1) is 40.4 Å². The van der Waals surface area contributed by atoms with Crippen molar-refractivity contribution in [1.29, 1.82) is 5.26 Å². The van der Waals surface area contributed by atoms with Crippen molar-refractivity contribution >= 4 is 0 Å². The van der Waals surface area contributed by atoms with Gasteiger partial charge in [0.1, 0.15) is 0 Å². The Hall–Kier alpha value is -0.550. The maximum Gasteiger partial charge on any atom is 0.0866 e. The van der Waals surface area contributed by atoms with Crippen molar-refractivity contribution in [2.24, 2.45) is 29.1 Å². The normalized spacial score (nSPS) is 46.1. The van der Waals surface area contributed by atoms with Crippen LogP contribution in [0.1, 0.15) is 72.6 Å². The fourth-order valence-corrected chi connectivity index (χ4v) is 4.82. The first-order chi connectivity index (χ1) is 9.34. The zero-order valence-corrected chi connectivity index (χ0v) is 13.7. The van der Waals surface area contributed by atoms with Crippen molar-refractivity contribution in [3.8, 4) is 6.07 Å². The second kappa shape index (κ2) is 5.68. The Kier molecular flexibility index (Phi) is 4.50. The van der Waals surface area contributed by atoms with E-state index in [1.54, 1.807) is 0 Å². The van der Waals surface area contributed by atoms with Gasteiger partial charge in [-0.05, 0) is 62.2 Å². The van der Waals surface area contributed by atoms with Crippen LogP contribution >= 0.6 is 0 Å². The predicted octanol–water partition coefficient (Wildman–Crippen LogP) is 4.53. The largest absolute Gasteiger partial charge is 0.388 e. The van der Waals surface area contributed by atoms with E-state index < -0.39 is 11.0 Å². The van der Waals surface area contributed by atoms with Crippen molar-refractivity contribution in [2.45, 2.75) is 78.2 Å². The second-order valence-electron chi connectivity index (χ2n) is 8.04. The third-order valence-electron chi connectivity index (χ3n) is 6.22. The van der Waals surface area contributed by atoms with Gasteiger partial charge in [0.25, 0.3) is 0 Å². The lowest BCUT2D eigenvalue weighted by molar-refractivity contribution is -0.161. The van der Waals surface area contributed by atoms with Crippen molar-refractivity contribution in [2.75, 3.05) is 0 Å². The molecule has 2 rings (SSSR count). The van der Waals surface area contributed by atoms with E-state index >= 15 is 0 Å². The summed E-state index contributed by atoms with van der Waals surface area (Å²) in [5.74, 6) is 1.99. The molecule has 3 unspecified atom stereocenters. The van der Waals surface area contributed by atoms with Gasteiger partial charge in [-0.1, -0.05) is 34.1 Å². The van der Waals surface area contributed by atoms with Gasteiger partial charge in [0.15, 0.2) is 0 Å². The first kappa shape index (κ1) is 15.8. The Morgan fingerprint density at radius 3 is 2.15 bits per heavy atom. The van der Waals surface area contributed by atoms with Gasteiger partial charge in [0.2, 0.25) is 0 Å². The van der Waals surface area contributed by atoms with Crippen molar-refractivity contribution < 1.29 is 5.11 Å². The number of hydrogen-bond donors (Lipinski definition) is 1. The van der Waals surface area contributed by atoms with Gasteiger partial charge in [0, 0.05) is 0 Å². The molecule has 1 N–H and O–H groups in total. The summed E-state index contributed by atoms with van der Waals surface area (Å²) in [6.07, 6.45) is 7.05. The van der Waals surface area contributed by atoms with Crippen LogP contribution in [0.5, 0.6) is 0 Å². The van der Waals surface area contributed by atoms with Crippen LogP contribution in [-0.2, 0) is 0 Å².